The normalized spacial score (nSPS) is 21.1. The van der Waals surface area contributed by atoms with Crippen LogP contribution in [0, 0.1) is 12.8 Å². The molecule has 1 aromatic rings. The molecule has 16 heavy (non-hydrogen) atoms. The van der Waals surface area contributed by atoms with Crippen molar-refractivity contribution in [3.8, 4) is 0 Å². The van der Waals surface area contributed by atoms with Crippen molar-refractivity contribution in [1.82, 2.24) is 10.2 Å². The number of hydrogen-bond acceptors (Lipinski definition) is 4. The third-order valence-corrected chi connectivity index (χ3v) is 3.20. The van der Waals surface area contributed by atoms with Gasteiger partial charge in [0.05, 0.1) is 6.20 Å². The first kappa shape index (κ1) is 11.3. The molecular weight excluding hydrogens is 200 g/mol. The molecule has 1 aromatic heterocycles. The van der Waals surface area contributed by atoms with Crippen molar-refractivity contribution in [3.05, 3.63) is 17.8 Å². The fourth-order valence-corrected chi connectivity index (χ4v) is 2.35. The van der Waals surface area contributed by atoms with Crippen LogP contribution in [0.1, 0.15) is 24.8 Å². The van der Waals surface area contributed by atoms with Gasteiger partial charge in [0.15, 0.2) is 5.82 Å². The summed E-state index contributed by atoms with van der Waals surface area (Å²) in [7, 11) is 0. The van der Waals surface area contributed by atoms with Gasteiger partial charge in [-0.15, -0.1) is 5.10 Å². The van der Waals surface area contributed by atoms with Crippen LogP contribution in [0.2, 0.25) is 0 Å². The summed E-state index contributed by atoms with van der Waals surface area (Å²) < 4.78 is 0. The van der Waals surface area contributed by atoms with Crippen LogP contribution in [0.15, 0.2) is 12.3 Å². The zero-order valence-electron chi connectivity index (χ0n) is 9.89. The molecule has 1 saturated heterocycles. The molecular formula is C12H20N4. The van der Waals surface area contributed by atoms with E-state index in [1.165, 1.54) is 18.4 Å². The van der Waals surface area contributed by atoms with Gasteiger partial charge in [-0.2, -0.15) is 5.10 Å². The molecule has 4 nitrogen and oxygen atoms in total. The highest BCUT2D eigenvalue weighted by atomic mass is 15.3. The summed E-state index contributed by atoms with van der Waals surface area (Å²) in [4.78, 5) is 2.34. The molecule has 1 unspecified atom stereocenters. The van der Waals surface area contributed by atoms with E-state index in [4.69, 9.17) is 5.73 Å². The van der Waals surface area contributed by atoms with E-state index < -0.39 is 0 Å². The van der Waals surface area contributed by atoms with Crippen molar-refractivity contribution >= 4 is 5.82 Å². The first-order valence-corrected chi connectivity index (χ1v) is 6.04. The summed E-state index contributed by atoms with van der Waals surface area (Å²) in [5.41, 5.74) is 6.79. The quantitative estimate of drug-likeness (QED) is 0.835. The lowest BCUT2D eigenvalue weighted by molar-refractivity contribution is 0.394. The lowest BCUT2D eigenvalue weighted by atomic mass is 9.95. The molecule has 2 rings (SSSR count). The number of rotatable bonds is 3. The van der Waals surface area contributed by atoms with Crippen LogP contribution >= 0.6 is 0 Å². The molecule has 0 aromatic carbocycles. The Bertz CT molecular complexity index is 338. The van der Waals surface area contributed by atoms with Gasteiger partial charge in [-0.1, -0.05) is 0 Å². The SMILES string of the molecule is Cc1cnnc(N2CCCC(CCN)C2)c1. The van der Waals surface area contributed by atoms with Gasteiger partial charge in [0.2, 0.25) is 0 Å². The minimum Gasteiger partial charge on any atom is -0.355 e. The van der Waals surface area contributed by atoms with Gasteiger partial charge in [0, 0.05) is 13.1 Å². The number of anilines is 1. The third kappa shape index (κ3) is 2.70. The Hall–Kier alpha value is -1.16. The lowest BCUT2D eigenvalue weighted by Gasteiger charge is -2.33. The lowest BCUT2D eigenvalue weighted by Crippen LogP contribution is -2.36. The van der Waals surface area contributed by atoms with Crippen LogP contribution in [0.5, 0.6) is 0 Å². The van der Waals surface area contributed by atoms with Gasteiger partial charge in [-0.3, -0.25) is 0 Å². The molecule has 1 fully saturated rings. The van der Waals surface area contributed by atoms with Gasteiger partial charge in [0.1, 0.15) is 0 Å². The zero-order valence-corrected chi connectivity index (χ0v) is 9.89. The van der Waals surface area contributed by atoms with E-state index in [1.807, 2.05) is 0 Å². The molecule has 2 heterocycles. The topological polar surface area (TPSA) is 55.0 Å². The van der Waals surface area contributed by atoms with Crippen LogP contribution in [0.3, 0.4) is 0 Å². The Balaban J connectivity index is 2.03. The Morgan fingerprint density at radius 3 is 3.19 bits per heavy atom. The van der Waals surface area contributed by atoms with Crippen molar-refractivity contribution in [2.24, 2.45) is 11.7 Å². The third-order valence-electron chi connectivity index (χ3n) is 3.20. The van der Waals surface area contributed by atoms with Crippen LogP contribution in [0.25, 0.3) is 0 Å². The van der Waals surface area contributed by atoms with Gasteiger partial charge in [-0.25, -0.2) is 0 Å². The minimum absolute atomic E-state index is 0.723. The number of aromatic nitrogens is 2. The first-order valence-electron chi connectivity index (χ1n) is 6.04. The van der Waals surface area contributed by atoms with Crippen molar-refractivity contribution in [2.75, 3.05) is 24.5 Å². The molecule has 0 spiro atoms. The van der Waals surface area contributed by atoms with E-state index in [0.29, 0.717) is 0 Å². The molecule has 0 aliphatic carbocycles. The van der Waals surface area contributed by atoms with E-state index in [9.17, 15) is 0 Å². The number of hydrogen-bond donors (Lipinski definition) is 1. The van der Waals surface area contributed by atoms with E-state index in [2.05, 4.69) is 28.1 Å². The summed E-state index contributed by atoms with van der Waals surface area (Å²) in [6.07, 6.45) is 5.45. The average Bonchev–Trinajstić information content (AvgIpc) is 2.30. The average molecular weight is 220 g/mol. The molecule has 4 heteroatoms. The van der Waals surface area contributed by atoms with Gasteiger partial charge < -0.3 is 10.6 Å². The molecule has 2 N–H and O–H groups in total. The summed E-state index contributed by atoms with van der Waals surface area (Å²) in [6.45, 7) is 5.02. The minimum atomic E-state index is 0.723. The van der Waals surface area contributed by atoms with Crippen molar-refractivity contribution in [2.45, 2.75) is 26.2 Å². The predicted molar refractivity (Wildman–Crippen MR) is 65.4 cm³/mol. The highest BCUT2D eigenvalue weighted by Gasteiger charge is 2.20. The number of aryl methyl sites for hydroxylation is 1. The molecule has 0 bridgehead atoms. The fourth-order valence-electron chi connectivity index (χ4n) is 2.35. The largest absolute Gasteiger partial charge is 0.355 e. The molecule has 1 aliphatic rings. The molecule has 0 saturated carbocycles. The second-order valence-electron chi connectivity index (χ2n) is 4.62. The van der Waals surface area contributed by atoms with Crippen molar-refractivity contribution < 1.29 is 0 Å². The highest BCUT2D eigenvalue weighted by molar-refractivity contribution is 5.39. The molecule has 88 valence electrons. The number of nitrogens with zero attached hydrogens (tertiary/aromatic N) is 3. The van der Waals surface area contributed by atoms with Gasteiger partial charge in [0.25, 0.3) is 0 Å². The van der Waals surface area contributed by atoms with Gasteiger partial charge >= 0.3 is 0 Å². The van der Waals surface area contributed by atoms with Gasteiger partial charge in [-0.05, 0) is 50.3 Å². The van der Waals surface area contributed by atoms with Crippen molar-refractivity contribution in [3.63, 3.8) is 0 Å². The maximum absolute atomic E-state index is 5.62. The Labute approximate surface area is 96.9 Å². The summed E-state index contributed by atoms with van der Waals surface area (Å²) in [6, 6.07) is 2.11. The Morgan fingerprint density at radius 1 is 1.56 bits per heavy atom. The predicted octanol–water partition coefficient (Wildman–Crippen LogP) is 1.35. The zero-order chi connectivity index (χ0) is 11.4. The summed E-state index contributed by atoms with van der Waals surface area (Å²) >= 11 is 0. The molecule has 1 aliphatic heterocycles. The van der Waals surface area contributed by atoms with Crippen LogP contribution in [-0.2, 0) is 0 Å². The highest BCUT2D eigenvalue weighted by Crippen LogP contribution is 2.23. The maximum Gasteiger partial charge on any atom is 0.151 e. The molecule has 0 amide bonds. The van der Waals surface area contributed by atoms with E-state index in [0.717, 1.165) is 37.8 Å². The smallest absolute Gasteiger partial charge is 0.151 e. The Kier molecular flexibility index (Phi) is 3.72. The van der Waals surface area contributed by atoms with E-state index >= 15 is 0 Å². The standard InChI is InChI=1S/C12H20N4/c1-10-7-12(15-14-8-10)16-6-2-3-11(9-16)4-5-13/h7-8,11H,2-6,9,13H2,1H3. The van der Waals surface area contributed by atoms with E-state index in [-0.39, 0.29) is 0 Å². The number of piperidine rings is 1. The molecule has 1 atom stereocenters. The first-order chi connectivity index (χ1) is 7.79. The van der Waals surface area contributed by atoms with Crippen LogP contribution in [0.4, 0.5) is 5.82 Å². The number of nitrogens with two attached hydrogens (primary N) is 1. The maximum atomic E-state index is 5.62. The Morgan fingerprint density at radius 2 is 2.44 bits per heavy atom. The summed E-state index contributed by atoms with van der Waals surface area (Å²) in [5, 5.41) is 8.22. The second-order valence-corrected chi connectivity index (χ2v) is 4.62. The van der Waals surface area contributed by atoms with E-state index in [1.54, 1.807) is 6.20 Å². The monoisotopic (exact) mass is 220 g/mol. The second kappa shape index (κ2) is 5.25. The van der Waals surface area contributed by atoms with Crippen molar-refractivity contribution in [1.29, 1.82) is 0 Å². The van der Waals surface area contributed by atoms with Crippen LogP contribution < -0.4 is 10.6 Å². The molecule has 0 radical (unpaired) electrons. The fraction of sp³-hybridized carbons (Fsp3) is 0.667. The summed E-state index contributed by atoms with van der Waals surface area (Å²) in [5.74, 6) is 1.74. The van der Waals surface area contributed by atoms with Crippen LogP contribution in [-0.4, -0.2) is 29.8 Å².